The Kier molecular flexibility index (Phi) is 7.53. The highest BCUT2D eigenvalue weighted by Crippen LogP contribution is 2.42. The highest BCUT2D eigenvalue weighted by molar-refractivity contribution is 5.89. The molecule has 3 aromatic carbocycles. The maximum Gasteiger partial charge on any atom is 0.321 e. The summed E-state index contributed by atoms with van der Waals surface area (Å²) in [5.41, 5.74) is 4.91. The van der Waals surface area contributed by atoms with Gasteiger partial charge in [-0.3, -0.25) is 4.90 Å². The average Bonchev–Trinajstić information content (AvgIpc) is 3.48. The second-order valence-corrected chi connectivity index (χ2v) is 10.5. The van der Waals surface area contributed by atoms with Crippen molar-refractivity contribution in [2.75, 3.05) is 38.7 Å². The van der Waals surface area contributed by atoms with Crippen molar-refractivity contribution in [1.29, 1.82) is 0 Å². The van der Waals surface area contributed by atoms with E-state index in [-0.39, 0.29) is 30.6 Å². The number of hydrogen-bond acceptors (Lipinski definition) is 5. The molecule has 2 aliphatic rings. The normalized spacial score (nSPS) is 21.1. The molecule has 206 valence electrons. The van der Waals surface area contributed by atoms with E-state index in [1.165, 1.54) is 5.56 Å². The number of fused-ring (bicyclic) bond motifs is 1. The zero-order valence-electron chi connectivity index (χ0n) is 22.7. The number of para-hydroxylation sites is 1. The maximum atomic E-state index is 13.3. The molecule has 40 heavy (non-hydrogen) atoms. The number of aromatic nitrogens is 2. The van der Waals surface area contributed by atoms with Gasteiger partial charge in [0.15, 0.2) is 0 Å². The van der Waals surface area contributed by atoms with Gasteiger partial charge in [0, 0.05) is 48.5 Å². The topological polar surface area (TPSA) is 82.9 Å². The van der Waals surface area contributed by atoms with Gasteiger partial charge in [0.05, 0.1) is 25.1 Å². The molecule has 8 heteroatoms. The van der Waals surface area contributed by atoms with Crippen LogP contribution in [0.1, 0.15) is 24.3 Å². The Bertz CT molecular complexity index is 1420. The quantitative estimate of drug-likeness (QED) is 0.362. The number of carbonyl (C=O) groups excluding carboxylic acids is 1. The maximum absolute atomic E-state index is 13.3. The third-order valence-corrected chi connectivity index (χ3v) is 8.20. The van der Waals surface area contributed by atoms with Crippen molar-refractivity contribution in [1.82, 2.24) is 19.6 Å². The van der Waals surface area contributed by atoms with E-state index in [2.05, 4.69) is 34.5 Å². The predicted octanol–water partition coefficient (Wildman–Crippen LogP) is 5.00. The summed E-state index contributed by atoms with van der Waals surface area (Å²) in [6, 6.07) is 28.1. The predicted molar refractivity (Wildman–Crippen MR) is 156 cm³/mol. The number of aliphatic hydroxyl groups is 1. The van der Waals surface area contributed by atoms with Crippen LogP contribution in [0.15, 0.2) is 91.1 Å². The first-order valence-corrected chi connectivity index (χ1v) is 13.9. The van der Waals surface area contributed by atoms with Crippen molar-refractivity contribution in [2.45, 2.75) is 30.8 Å². The zero-order chi connectivity index (χ0) is 27.5. The highest BCUT2D eigenvalue weighted by Gasteiger charge is 2.49. The van der Waals surface area contributed by atoms with Gasteiger partial charge in [-0.15, -0.1) is 0 Å². The molecule has 0 radical (unpaired) electrons. The van der Waals surface area contributed by atoms with E-state index in [1.54, 1.807) is 7.11 Å². The molecule has 2 aliphatic heterocycles. The van der Waals surface area contributed by atoms with E-state index >= 15 is 0 Å². The lowest BCUT2D eigenvalue weighted by molar-refractivity contribution is -0.0585. The Morgan fingerprint density at radius 2 is 1.73 bits per heavy atom. The van der Waals surface area contributed by atoms with Crippen LogP contribution in [0, 0.1) is 0 Å². The molecular formula is C32H35N5O3. The third kappa shape index (κ3) is 5.20. The minimum atomic E-state index is -0.0948. The number of methoxy groups -OCH3 is 1. The zero-order valence-corrected chi connectivity index (χ0v) is 22.7. The smallest absolute Gasteiger partial charge is 0.321 e. The number of benzene rings is 3. The molecular weight excluding hydrogens is 502 g/mol. The van der Waals surface area contributed by atoms with Crippen LogP contribution in [0.4, 0.5) is 10.5 Å². The van der Waals surface area contributed by atoms with Gasteiger partial charge < -0.3 is 20.1 Å². The lowest BCUT2D eigenvalue weighted by Gasteiger charge is -2.57. The van der Waals surface area contributed by atoms with Crippen LogP contribution in [0.2, 0.25) is 0 Å². The van der Waals surface area contributed by atoms with Gasteiger partial charge in [-0.2, -0.15) is 5.10 Å². The first kappa shape index (κ1) is 26.1. The van der Waals surface area contributed by atoms with Crippen LogP contribution < -0.4 is 10.1 Å². The number of ether oxygens (including phenoxy) is 1. The third-order valence-electron chi connectivity index (χ3n) is 8.20. The SMILES string of the molecule is COc1ccc(NC(=O)N2CCCCN3[C@H](CO)[C@H](c4ccc(-c5ccn(-c6ccccc6)n5)cc4)[C@@H]3C2)cc1. The van der Waals surface area contributed by atoms with Gasteiger partial charge in [0.1, 0.15) is 5.75 Å². The average molecular weight is 538 g/mol. The molecule has 2 fully saturated rings. The summed E-state index contributed by atoms with van der Waals surface area (Å²) in [6.07, 6.45) is 3.91. The van der Waals surface area contributed by atoms with Gasteiger partial charge in [-0.05, 0) is 67.4 Å². The number of aliphatic hydroxyl groups excluding tert-OH is 1. The van der Waals surface area contributed by atoms with Gasteiger partial charge in [-0.25, -0.2) is 9.48 Å². The van der Waals surface area contributed by atoms with Crippen LogP contribution in [-0.2, 0) is 0 Å². The fourth-order valence-corrected chi connectivity index (χ4v) is 6.08. The summed E-state index contributed by atoms with van der Waals surface area (Å²) in [6.45, 7) is 2.37. The number of hydrogen-bond donors (Lipinski definition) is 2. The van der Waals surface area contributed by atoms with E-state index in [4.69, 9.17) is 9.84 Å². The first-order chi connectivity index (χ1) is 19.6. The Morgan fingerprint density at radius 1 is 0.975 bits per heavy atom. The van der Waals surface area contributed by atoms with Gasteiger partial charge >= 0.3 is 6.03 Å². The summed E-state index contributed by atoms with van der Waals surface area (Å²) >= 11 is 0. The monoisotopic (exact) mass is 537 g/mol. The summed E-state index contributed by atoms with van der Waals surface area (Å²) in [5.74, 6) is 0.901. The number of urea groups is 1. The van der Waals surface area contributed by atoms with Gasteiger partial charge in [-0.1, -0.05) is 42.5 Å². The molecule has 0 bridgehead atoms. The van der Waals surface area contributed by atoms with Crippen LogP contribution in [0.5, 0.6) is 5.75 Å². The fraction of sp³-hybridized carbons (Fsp3) is 0.312. The Balaban J connectivity index is 1.18. The number of rotatable bonds is 6. The minimum absolute atomic E-state index is 0.0535. The molecule has 2 amide bonds. The number of nitrogens with one attached hydrogen (secondary N) is 1. The van der Waals surface area contributed by atoms with Crippen molar-refractivity contribution < 1.29 is 14.6 Å². The van der Waals surface area contributed by atoms with Gasteiger partial charge in [0.25, 0.3) is 0 Å². The number of anilines is 1. The van der Waals surface area contributed by atoms with Crippen molar-refractivity contribution >= 4 is 11.7 Å². The molecule has 4 aromatic rings. The first-order valence-electron chi connectivity index (χ1n) is 13.9. The minimum Gasteiger partial charge on any atom is -0.497 e. The Hall–Kier alpha value is -4.14. The summed E-state index contributed by atoms with van der Waals surface area (Å²) in [7, 11) is 1.63. The lowest BCUT2D eigenvalue weighted by Crippen LogP contribution is -2.68. The molecule has 3 atom stereocenters. The van der Waals surface area contributed by atoms with Crippen molar-refractivity contribution in [2.24, 2.45) is 0 Å². The summed E-state index contributed by atoms with van der Waals surface area (Å²) < 4.78 is 7.11. The standard InChI is InChI=1S/C32H35N5O3/c1-40-27-15-13-25(14-16-27)33-32(39)35-18-5-6-19-36-29(21-35)31(30(36)22-38)24-11-9-23(10-12-24)28-17-20-37(34-28)26-7-3-2-4-8-26/h2-4,7-17,20,29-31,38H,5-6,18-19,21-22H2,1H3,(H,33,39)/t29-,30+,31+/m0/s1. The van der Waals surface area contributed by atoms with Gasteiger partial charge in [0.2, 0.25) is 0 Å². The van der Waals surface area contributed by atoms with Crippen LogP contribution in [0.25, 0.3) is 16.9 Å². The van der Waals surface area contributed by atoms with E-state index in [1.807, 2.05) is 76.4 Å². The number of amides is 2. The highest BCUT2D eigenvalue weighted by atomic mass is 16.5. The van der Waals surface area contributed by atoms with Crippen LogP contribution in [0.3, 0.4) is 0 Å². The van der Waals surface area contributed by atoms with Crippen molar-refractivity contribution in [3.8, 4) is 22.7 Å². The molecule has 1 aromatic heterocycles. The summed E-state index contributed by atoms with van der Waals surface area (Å²) in [5, 5.41) is 18.1. The Labute approximate surface area is 234 Å². The van der Waals surface area contributed by atoms with E-state index in [0.717, 1.165) is 47.8 Å². The van der Waals surface area contributed by atoms with Crippen molar-refractivity contribution in [3.05, 3.63) is 96.7 Å². The fourth-order valence-electron chi connectivity index (χ4n) is 6.08. The molecule has 3 heterocycles. The number of carbonyl (C=O) groups is 1. The van der Waals surface area contributed by atoms with E-state index in [0.29, 0.717) is 13.1 Å². The second-order valence-electron chi connectivity index (χ2n) is 10.5. The molecule has 6 rings (SSSR count). The Morgan fingerprint density at radius 3 is 2.45 bits per heavy atom. The molecule has 0 aliphatic carbocycles. The molecule has 2 N–H and O–H groups in total. The molecule has 0 saturated carbocycles. The van der Waals surface area contributed by atoms with E-state index in [9.17, 15) is 9.90 Å². The van der Waals surface area contributed by atoms with Crippen LogP contribution >= 0.6 is 0 Å². The van der Waals surface area contributed by atoms with Crippen LogP contribution in [-0.4, -0.2) is 76.2 Å². The molecule has 0 spiro atoms. The molecule has 2 saturated heterocycles. The largest absolute Gasteiger partial charge is 0.497 e. The van der Waals surface area contributed by atoms with E-state index < -0.39 is 0 Å². The lowest BCUT2D eigenvalue weighted by atomic mass is 9.74. The van der Waals surface area contributed by atoms with Crippen molar-refractivity contribution in [3.63, 3.8) is 0 Å². The molecule has 8 nitrogen and oxygen atoms in total. The molecule has 0 unspecified atom stereocenters. The second kappa shape index (κ2) is 11.5. The summed E-state index contributed by atoms with van der Waals surface area (Å²) in [4.78, 5) is 17.6. The number of nitrogens with zero attached hydrogens (tertiary/aromatic N) is 4.